The van der Waals surface area contributed by atoms with Gasteiger partial charge in [0.15, 0.2) is 11.6 Å². The van der Waals surface area contributed by atoms with Crippen molar-refractivity contribution >= 4 is 11.6 Å². The molecule has 22 heavy (non-hydrogen) atoms. The van der Waals surface area contributed by atoms with Crippen LogP contribution in [0.25, 0.3) is 0 Å². The Hall–Kier alpha value is -2.42. The quantitative estimate of drug-likeness (QED) is 0.734. The lowest BCUT2D eigenvalue weighted by atomic mass is 10.0. The summed E-state index contributed by atoms with van der Waals surface area (Å²) in [6, 6.07) is 15.9. The molecule has 2 aromatic rings. The fourth-order valence-electron chi connectivity index (χ4n) is 1.92. The molecule has 0 atom stereocenters. The van der Waals surface area contributed by atoms with Crippen LogP contribution in [0.1, 0.15) is 47.4 Å². The molecule has 2 rings (SSSR count). The first kappa shape index (κ1) is 17.6. The summed E-state index contributed by atoms with van der Waals surface area (Å²) in [5.74, 6) is 0.673. The lowest BCUT2D eigenvalue weighted by molar-refractivity contribution is 0.0917. The summed E-state index contributed by atoms with van der Waals surface area (Å²) in [7, 11) is 1.58. The number of Topliss-reactive ketones (excluding diaryl/α,β-unsaturated/α-hetero) is 2. The van der Waals surface area contributed by atoms with Crippen LogP contribution in [-0.2, 0) is 0 Å². The second-order valence-corrected chi connectivity index (χ2v) is 4.44. The summed E-state index contributed by atoms with van der Waals surface area (Å²) in [6.07, 6.45) is 0.453. The fourth-order valence-corrected chi connectivity index (χ4v) is 1.92. The topological polar surface area (TPSA) is 43.4 Å². The summed E-state index contributed by atoms with van der Waals surface area (Å²) < 4.78 is 5.04. The van der Waals surface area contributed by atoms with Crippen molar-refractivity contribution in [3.05, 3.63) is 65.7 Å². The molecular formula is C19H22O3. The van der Waals surface area contributed by atoms with E-state index in [1.54, 1.807) is 43.5 Å². The van der Waals surface area contributed by atoms with E-state index >= 15 is 0 Å². The van der Waals surface area contributed by atoms with Crippen molar-refractivity contribution in [3.63, 3.8) is 0 Å². The van der Waals surface area contributed by atoms with Crippen molar-refractivity contribution in [1.29, 1.82) is 0 Å². The third-order valence-electron chi connectivity index (χ3n) is 3.09. The second-order valence-electron chi connectivity index (χ2n) is 4.44. The zero-order chi connectivity index (χ0) is 16.4. The van der Waals surface area contributed by atoms with Gasteiger partial charge in [0.2, 0.25) is 0 Å². The molecule has 0 N–H and O–H groups in total. The van der Waals surface area contributed by atoms with Crippen molar-refractivity contribution in [3.8, 4) is 5.75 Å². The van der Waals surface area contributed by atoms with Crippen LogP contribution in [0.15, 0.2) is 54.6 Å². The Bertz CT molecular complexity index is 586. The predicted octanol–water partition coefficient (Wildman–Crippen LogP) is 4.57. The van der Waals surface area contributed by atoms with Crippen LogP contribution in [0.5, 0.6) is 5.75 Å². The number of carbonyl (C=O) groups is 2. The minimum atomic E-state index is -0.0306. The van der Waals surface area contributed by atoms with Crippen LogP contribution in [0.4, 0.5) is 0 Å². The van der Waals surface area contributed by atoms with Crippen LogP contribution < -0.4 is 4.74 Å². The third kappa shape index (κ3) is 5.17. The molecule has 3 nitrogen and oxygen atoms in total. The summed E-state index contributed by atoms with van der Waals surface area (Å²) in [6.45, 7) is 4.00. The molecule has 0 aliphatic heterocycles. The number of carbonyl (C=O) groups excluding carboxylic acids is 2. The Labute approximate surface area is 131 Å². The molecular weight excluding hydrogens is 276 g/mol. The van der Waals surface area contributed by atoms with Crippen LogP contribution in [0.2, 0.25) is 0 Å². The van der Waals surface area contributed by atoms with Gasteiger partial charge in [0.1, 0.15) is 5.75 Å². The van der Waals surface area contributed by atoms with Crippen LogP contribution in [-0.4, -0.2) is 18.7 Å². The smallest absolute Gasteiger partial charge is 0.163 e. The van der Waals surface area contributed by atoms with E-state index in [1.165, 1.54) is 0 Å². The van der Waals surface area contributed by atoms with Gasteiger partial charge in [0, 0.05) is 24.0 Å². The Balaban J connectivity index is 0.00000116. The van der Waals surface area contributed by atoms with Gasteiger partial charge in [-0.3, -0.25) is 9.59 Å². The molecule has 0 aliphatic rings. The maximum Gasteiger partial charge on any atom is 0.163 e. The van der Waals surface area contributed by atoms with E-state index in [4.69, 9.17) is 4.74 Å². The van der Waals surface area contributed by atoms with Gasteiger partial charge in [-0.15, -0.1) is 0 Å². The molecule has 0 heterocycles. The SMILES string of the molecule is CC.COc1ccc(C(=O)CCC(=O)c2ccccc2)cc1. The number of methoxy groups -OCH3 is 1. The standard InChI is InChI=1S/C17H16O3.C2H6/c1-20-15-9-7-14(8-10-15)17(19)12-11-16(18)13-5-3-2-4-6-13;1-2/h2-10H,11-12H2,1H3;1-2H3. The van der Waals surface area contributed by atoms with Crippen LogP contribution in [0.3, 0.4) is 0 Å². The second kappa shape index (κ2) is 9.50. The lowest BCUT2D eigenvalue weighted by Crippen LogP contribution is -2.05. The molecule has 0 spiro atoms. The minimum absolute atomic E-state index is 0.00698. The molecule has 0 aliphatic carbocycles. The van der Waals surface area contributed by atoms with Crippen LogP contribution >= 0.6 is 0 Å². The summed E-state index contributed by atoms with van der Waals surface area (Å²) in [5, 5.41) is 0. The first-order valence-electron chi connectivity index (χ1n) is 7.46. The number of benzene rings is 2. The molecule has 0 aromatic heterocycles. The van der Waals surface area contributed by atoms with Gasteiger partial charge < -0.3 is 4.74 Å². The Morgan fingerprint density at radius 1 is 0.773 bits per heavy atom. The van der Waals surface area contributed by atoms with E-state index in [2.05, 4.69) is 0 Å². The Kier molecular flexibility index (Phi) is 7.62. The molecule has 0 unspecified atom stereocenters. The molecule has 0 fully saturated rings. The maximum atomic E-state index is 12.0. The minimum Gasteiger partial charge on any atom is -0.497 e. The van der Waals surface area contributed by atoms with Gasteiger partial charge in [-0.1, -0.05) is 44.2 Å². The number of ether oxygens (including phenoxy) is 1. The van der Waals surface area contributed by atoms with E-state index in [0.29, 0.717) is 16.9 Å². The van der Waals surface area contributed by atoms with Gasteiger partial charge in [-0.25, -0.2) is 0 Å². The number of hydrogen-bond acceptors (Lipinski definition) is 3. The molecule has 0 radical (unpaired) electrons. The van der Waals surface area contributed by atoms with Crippen molar-refractivity contribution in [1.82, 2.24) is 0 Å². The Morgan fingerprint density at radius 3 is 1.68 bits per heavy atom. The zero-order valence-electron chi connectivity index (χ0n) is 13.3. The van der Waals surface area contributed by atoms with Crippen molar-refractivity contribution in [2.45, 2.75) is 26.7 Å². The number of rotatable bonds is 6. The van der Waals surface area contributed by atoms with Gasteiger partial charge in [-0.2, -0.15) is 0 Å². The predicted molar refractivity (Wildman–Crippen MR) is 88.7 cm³/mol. The van der Waals surface area contributed by atoms with E-state index in [1.807, 2.05) is 32.0 Å². The molecule has 116 valence electrons. The van der Waals surface area contributed by atoms with E-state index in [0.717, 1.165) is 0 Å². The monoisotopic (exact) mass is 298 g/mol. The van der Waals surface area contributed by atoms with Crippen molar-refractivity contribution < 1.29 is 14.3 Å². The lowest BCUT2D eigenvalue weighted by Gasteiger charge is -2.03. The highest BCUT2D eigenvalue weighted by Gasteiger charge is 2.10. The van der Waals surface area contributed by atoms with E-state index < -0.39 is 0 Å². The molecule has 2 aromatic carbocycles. The molecule has 3 heteroatoms. The summed E-state index contributed by atoms with van der Waals surface area (Å²) in [4.78, 5) is 23.9. The number of ketones is 2. The first-order chi connectivity index (χ1) is 10.7. The average molecular weight is 298 g/mol. The Morgan fingerprint density at radius 2 is 1.23 bits per heavy atom. The maximum absolute atomic E-state index is 12.0. The third-order valence-corrected chi connectivity index (χ3v) is 3.09. The van der Waals surface area contributed by atoms with Crippen molar-refractivity contribution in [2.24, 2.45) is 0 Å². The molecule has 0 bridgehead atoms. The molecule has 0 amide bonds. The largest absolute Gasteiger partial charge is 0.497 e. The van der Waals surface area contributed by atoms with Crippen molar-refractivity contribution in [2.75, 3.05) is 7.11 Å². The summed E-state index contributed by atoms with van der Waals surface area (Å²) in [5.41, 5.74) is 1.25. The first-order valence-corrected chi connectivity index (χ1v) is 7.46. The number of hydrogen-bond donors (Lipinski definition) is 0. The van der Waals surface area contributed by atoms with Gasteiger partial charge >= 0.3 is 0 Å². The molecule has 0 saturated heterocycles. The zero-order valence-corrected chi connectivity index (χ0v) is 13.3. The van der Waals surface area contributed by atoms with Crippen LogP contribution in [0, 0.1) is 0 Å². The van der Waals surface area contributed by atoms with Gasteiger partial charge in [0.05, 0.1) is 7.11 Å². The normalized spacial score (nSPS) is 9.41. The molecule has 0 saturated carbocycles. The highest BCUT2D eigenvalue weighted by atomic mass is 16.5. The van der Waals surface area contributed by atoms with E-state index in [-0.39, 0.29) is 24.4 Å². The highest BCUT2D eigenvalue weighted by molar-refractivity contribution is 6.02. The highest BCUT2D eigenvalue weighted by Crippen LogP contribution is 2.14. The van der Waals surface area contributed by atoms with Gasteiger partial charge in [0.25, 0.3) is 0 Å². The van der Waals surface area contributed by atoms with Gasteiger partial charge in [-0.05, 0) is 24.3 Å². The average Bonchev–Trinajstić information content (AvgIpc) is 2.62. The summed E-state index contributed by atoms with van der Waals surface area (Å²) >= 11 is 0. The fraction of sp³-hybridized carbons (Fsp3) is 0.263. The van der Waals surface area contributed by atoms with E-state index in [9.17, 15) is 9.59 Å².